The molecule has 166 valence electrons. The highest BCUT2D eigenvalue weighted by atomic mass is 32.2. The number of amides is 2. The van der Waals surface area contributed by atoms with Crippen LogP contribution in [-0.4, -0.2) is 33.3 Å². The van der Waals surface area contributed by atoms with Gasteiger partial charge in [0.05, 0.1) is 17.1 Å². The first-order valence-corrected chi connectivity index (χ1v) is 11.7. The molecule has 0 atom stereocenters. The highest BCUT2D eigenvalue weighted by Crippen LogP contribution is 2.28. The van der Waals surface area contributed by atoms with E-state index in [1.165, 1.54) is 18.2 Å². The van der Waals surface area contributed by atoms with E-state index >= 15 is 0 Å². The van der Waals surface area contributed by atoms with Crippen molar-refractivity contribution < 1.29 is 22.4 Å². The number of rotatable bonds is 8. The number of para-hydroxylation sites is 1. The van der Waals surface area contributed by atoms with Crippen molar-refractivity contribution in [3.63, 3.8) is 0 Å². The molecule has 0 spiro atoms. The summed E-state index contributed by atoms with van der Waals surface area (Å²) < 4.78 is 40.8. The molecular weight excluding hydrogens is 421 g/mol. The van der Waals surface area contributed by atoms with Gasteiger partial charge in [0, 0.05) is 12.5 Å². The van der Waals surface area contributed by atoms with Crippen molar-refractivity contribution in [1.29, 1.82) is 0 Å². The Kier molecular flexibility index (Phi) is 7.75. The van der Waals surface area contributed by atoms with E-state index in [9.17, 15) is 22.4 Å². The van der Waals surface area contributed by atoms with E-state index < -0.39 is 21.7 Å². The standard InChI is InChI=1S/C22H26FN3O4S/c23-19-8-4-5-9-20(19)26-21(27)15-24-22(28)17-12-10-16(11-13-17)14-25-31(29,30)18-6-2-1-3-7-18/h1-9,16-17,25H,10-15H2,(H,24,28)(H,26,27). The van der Waals surface area contributed by atoms with Gasteiger partial charge < -0.3 is 10.6 Å². The number of hydrogen-bond donors (Lipinski definition) is 3. The minimum atomic E-state index is -3.54. The van der Waals surface area contributed by atoms with Crippen molar-refractivity contribution in [2.75, 3.05) is 18.4 Å². The van der Waals surface area contributed by atoms with E-state index in [0.717, 1.165) is 12.8 Å². The van der Waals surface area contributed by atoms with Crippen LogP contribution in [0, 0.1) is 17.7 Å². The van der Waals surface area contributed by atoms with Gasteiger partial charge in [-0.1, -0.05) is 30.3 Å². The second-order valence-electron chi connectivity index (χ2n) is 7.63. The Hall–Kier alpha value is -2.78. The second-order valence-corrected chi connectivity index (χ2v) is 9.40. The third-order valence-corrected chi connectivity index (χ3v) is 6.84. The van der Waals surface area contributed by atoms with E-state index in [2.05, 4.69) is 15.4 Å². The summed E-state index contributed by atoms with van der Waals surface area (Å²) in [5.74, 6) is -1.31. The Morgan fingerprint density at radius 1 is 0.935 bits per heavy atom. The van der Waals surface area contributed by atoms with Gasteiger partial charge in [0.15, 0.2) is 0 Å². The molecule has 0 aliphatic heterocycles. The molecule has 1 aliphatic rings. The summed E-state index contributed by atoms with van der Waals surface area (Å²) in [6.45, 7) is 0.0978. The lowest BCUT2D eigenvalue weighted by Gasteiger charge is -2.27. The zero-order valence-corrected chi connectivity index (χ0v) is 17.8. The molecule has 2 aromatic rings. The normalized spacial score (nSPS) is 18.9. The monoisotopic (exact) mass is 447 g/mol. The lowest BCUT2D eigenvalue weighted by Crippen LogP contribution is -2.39. The predicted octanol–water partition coefficient (Wildman–Crippen LogP) is 2.67. The van der Waals surface area contributed by atoms with Crippen molar-refractivity contribution in [2.45, 2.75) is 30.6 Å². The van der Waals surface area contributed by atoms with E-state index in [0.29, 0.717) is 19.4 Å². The summed E-state index contributed by atoms with van der Waals surface area (Å²) in [6, 6.07) is 14.0. The van der Waals surface area contributed by atoms with Crippen LogP contribution in [0.15, 0.2) is 59.5 Å². The lowest BCUT2D eigenvalue weighted by molar-refractivity contribution is -0.128. The number of nitrogens with one attached hydrogen (secondary N) is 3. The molecule has 7 nitrogen and oxygen atoms in total. The fourth-order valence-electron chi connectivity index (χ4n) is 3.61. The van der Waals surface area contributed by atoms with Crippen LogP contribution in [0.2, 0.25) is 0 Å². The average molecular weight is 448 g/mol. The Balaban J connectivity index is 1.38. The zero-order chi connectivity index (χ0) is 22.3. The largest absolute Gasteiger partial charge is 0.347 e. The van der Waals surface area contributed by atoms with Gasteiger partial charge in [-0.15, -0.1) is 0 Å². The molecular formula is C22H26FN3O4S. The highest BCUT2D eigenvalue weighted by molar-refractivity contribution is 7.89. The van der Waals surface area contributed by atoms with Gasteiger partial charge >= 0.3 is 0 Å². The summed E-state index contributed by atoms with van der Waals surface area (Å²) >= 11 is 0. The van der Waals surface area contributed by atoms with E-state index in [1.807, 2.05) is 0 Å². The van der Waals surface area contributed by atoms with Crippen LogP contribution in [0.25, 0.3) is 0 Å². The van der Waals surface area contributed by atoms with Gasteiger partial charge in [-0.05, 0) is 55.9 Å². The fraction of sp³-hybridized carbons (Fsp3) is 0.364. The smallest absolute Gasteiger partial charge is 0.243 e. The molecule has 0 aromatic heterocycles. The third-order valence-electron chi connectivity index (χ3n) is 5.40. The first kappa shape index (κ1) is 22.9. The summed E-state index contributed by atoms with van der Waals surface area (Å²) in [6.07, 6.45) is 2.69. The number of benzene rings is 2. The molecule has 31 heavy (non-hydrogen) atoms. The molecule has 0 radical (unpaired) electrons. The Morgan fingerprint density at radius 2 is 1.58 bits per heavy atom. The Morgan fingerprint density at radius 3 is 2.26 bits per heavy atom. The van der Waals surface area contributed by atoms with Crippen molar-refractivity contribution in [3.8, 4) is 0 Å². The SMILES string of the molecule is O=C(CNC(=O)C1CCC(CNS(=O)(=O)c2ccccc2)CC1)Nc1ccccc1F. The predicted molar refractivity (Wildman–Crippen MR) is 115 cm³/mol. The molecule has 2 amide bonds. The number of sulfonamides is 1. The molecule has 1 fully saturated rings. The molecule has 2 aromatic carbocycles. The number of carbonyl (C=O) groups is 2. The molecule has 3 rings (SSSR count). The van der Waals surface area contributed by atoms with Crippen LogP contribution in [-0.2, 0) is 19.6 Å². The highest BCUT2D eigenvalue weighted by Gasteiger charge is 2.27. The number of hydrogen-bond acceptors (Lipinski definition) is 4. The van der Waals surface area contributed by atoms with Gasteiger partial charge in [-0.25, -0.2) is 17.5 Å². The minimum Gasteiger partial charge on any atom is -0.347 e. The van der Waals surface area contributed by atoms with E-state index in [1.54, 1.807) is 36.4 Å². The van der Waals surface area contributed by atoms with Gasteiger partial charge in [0.25, 0.3) is 0 Å². The molecule has 0 bridgehead atoms. The van der Waals surface area contributed by atoms with E-state index in [4.69, 9.17) is 0 Å². The van der Waals surface area contributed by atoms with Gasteiger partial charge in [0.2, 0.25) is 21.8 Å². The maximum atomic E-state index is 13.6. The summed E-state index contributed by atoms with van der Waals surface area (Å²) in [5.41, 5.74) is 0.0696. The summed E-state index contributed by atoms with van der Waals surface area (Å²) in [7, 11) is -3.54. The molecule has 9 heteroatoms. The van der Waals surface area contributed by atoms with Crippen LogP contribution in [0.5, 0.6) is 0 Å². The fourth-order valence-corrected chi connectivity index (χ4v) is 4.75. The van der Waals surface area contributed by atoms with Crippen molar-refractivity contribution in [3.05, 3.63) is 60.4 Å². The van der Waals surface area contributed by atoms with Gasteiger partial charge in [0.1, 0.15) is 5.82 Å². The maximum absolute atomic E-state index is 13.6. The quantitative estimate of drug-likeness (QED) is 0.579. The Labute approximate surface area is 181 Å². The summed E-state index contributed by atoms with van der Waals surface area (Å²) in [4.78, 5) is 24.5. The second kappa shape index (κ2) is 10.5. The van der Waals surface area contributed by atoms with Gasteiger partial charge in [-0.2, -0.15) is 0 Å². The number of carbonyl (C=O) groups excluding carboxylic acids is 2. The first-order chi connectivity index (χ1) is 14.8. The molecule has 0 unspecified atom stereocenters. The Bertz CT molecular complexity index is 1010. The molecule has 0 heterocycles. The molecule has 1 saturated carbocycles. The van der Waals surface area contributed by atoms with Crippen molar-refractivity contribution >= 4 is 27.5 Å². The van der Waals surface area contributed by atoms with Crippen LogP contribution >= 0.6 is 0 Å². The van der Waals surface area contributed by atoms with Crippen molar-refractivity contribution in [2.24, 2.45) is 11.8 Å². The van der Waals surface area contributed by atoms with Crippen LogP contribution in [0.4, 0.5) is 10.1 Å². The minimum absolute atomic E-state index is 0.0696. The first-order valence-electron chi connectivity index (χ1n) is 10.2. The van der Waals surface area contributed by atoms with Crippen molar-refractivity contribution in [1.82, 2.24) is 10.0 Å². The number of anilines is 1. The topological polar surface area (TPSA) is 104 Å². The zero-order valence-electron chi connectivity index (χ0n) is 17.0. The maximum Gasteiger partial charge on any atom is 0.243 e. The average Bonchev–Trinajstić information content (AvgIpc) is 2.78. The molecule has 1 aliphatic carbocycles. The van der Waals surface area contributed by atoms with Crippen LogP contribution < -0.4 is 15.4 Å². The summed E-state index contributed by atoms with van der Waals surface area (Å²) in [5, 5.41) is 5.03. The molecule has 3 N–H and O–H groups in total. The molecule has 0 saturated heterocycles. The van der Waals surface area contributed by atoms with Crippen LogP contribution in [0.1, 0.15) is 25.7 Å². The van der Waals surface area contributed by atoms with E-state index in [-0.39, 0.29) is 34.9 Å². The lowest BCUT2D eigenvalue weighted by atomic mass is 9.81. The number of halogens is 1. The third kappa shape index (κ3) is 6.60. The van der Waals surface area contributed by atoms with Crippen LogP contribution in [0.3, 0.4) is 0 Å². The van der Waals surface area contributed by atoms with Gasteiger partial charge in [-0.3, -0.25) is 9.59 Å².